The Balaban J connectivity index is 1.57. The molecule has 0 aliphatic heterocycles. The SMILES string of the molecule is CCOC(=O)c1ccccc1Nc1ccc(C(=O)NCCC2=CCCCC2)nn1. The molecule has 1 amide bonds. The number of carbonyl (C=O) groups is 2. The summed E-state index contributed by atoms with van der Waals surface area (Å²) < 4.78 is 5.07. The van der Waals surface area contributed by atoms with Crippen LogP contribution < -0.4 is 10.6 Å². The molecule has 29 heavy (non-hydrogen) atoms. The van der Waals surface area contributed by atoms with Gasteiger partial charge in [-0.15, -0.1) is 10.2 Å². The minimum Gasteiger partial charge on any atom is -0.462 e. The molecule has 7 nitrogen and oxygen atoms in total. The van der Waals surface area contributed by atoms with Gasteiger partial charge in [0.05, 0.1) is 17.9 Å². The normalized spacial score (nSPS) is 13.3. The Morgan fingerprint density at radius 1 is 1.10 bits per heavy atom. The van der Waals surface area contributed by atoms with Gasteiger partial charge in [0, 0.05) is 6.54 Å². The van der Waals surface area contributed by atoms with Gasteiger partial charge in [0.2, 0.25) is 0 Å². The third-order valence-corrected chi connectivity index (χ3v) is 4.70. The largest absolute Gasteiger partial charge is 0.462 e. The molecule has 0 unspecified atom stereocenters. The summed E-state index contributed by atoms with van der Waals surface area (Å²) >= 11 is 0. The standard InChI is InChI=1S/C22H26N4O3/c1-2-29-22(28)17-10-6-7-11-18(17)24-20-13-12-19(25-26-20)21(27)23-15-14-16-8-4-3-5-9-16/h6-8,10-13H,2-5,9,14-15H2,1H3,(H,23,27)(H,24,26). The zero-order chi connectivity index (χ0) is 20.5. The number of rotatable bonds is 8. The predicted octanol–water partition coefficient (Wildman–Crippen LogP) is 4.02. The number of hydrogen-bond donors (Lipinski definition) is 2. The van der Waals surface area contributed by atoms with Gasteiger partial charge in [0.1, 0.15) is 0 Å². The monoisotopic (exact) mass is 394 g/mol. The first kappa shape index (κ1) is 20.5. The van der Waals surface area contributed by atoms with Gasteiger partial charge in [-0.1, -0.05) is 23.8 Å². The topological polar surface area (TPSA) is 93.2 Å². The van der Waals surface area contributed by atoms with Gasteiger partial charge in [0.15, 0.2) is 11.5 Å². The van der Waals surface area contributed by atoms with Crippen LogP contribution >= 0.6 is 0 Å². The quantitative estimate of drug-likeness (QED) is 0.519. The number of hydrogen-bond acceptors (Lipinski definition) is 6. The van der Waals surface area contributed by atoms with Gasteiger partial charge >= 0.3 is 5.97 Å². The molecule has 152 valence electrons. The molecule has 1 heterocycles. The zero-order valence-corrected chi connectivity index (χ0v) is 16.6. The van der Waals surface area contributed by atoms with Gasteiger partial charge < -0.3 is 15.4 Å². The minimum atomic E-state index is -0.410. The van der Waals surface area contributed by atoms with Crippen LogP contribution in [-0.4, -0.2) is 35.2 Å². The lowest BCUT2D eigenvalue weighted by Crippen LogP contribution is -2.26. The maximum Gasteiger partial charge on any atom is 0.340 e. The Morgan fingerprint density at radius 3 is 2.69 bits per heavy atom. The number of anilines is 2. The van der Waals surface area contributed by atoms with Gasteiger partial charge in [0.25, 0.3) is 5.91 Å². The molecule has 7 heteroatoms. The molecule has 0 saturated carbocycles. The molecule has 0 saturated heterocycles. The average molecular weight is 394 g/mol. The number of ether oxygens (including phenoxy) is 1. The lowest BCUT2D eigenvalue weighted by Gasteiger charge is -2.13. The summed E-state index contributed by atoms with van der Waals surface area (Å²) in [6.45, 7) is 2.66. The first-order valence-corrected chi connectivity index (χ1v) is 10.0. The molecule has 0 spiro atoms. The second-order valence-electron chi connectivity index (χ2n) is 6.81. The van der Waals surface area contributed by atoms with E-state index in [2.05, 4.69) is 26.9 Å². The molecule has 1 aromatic heterocycles. The van der Waals surface area contributed by atoms with E-state index in [1.165, 1.54) is 18.4 Å². The molecular formula is C22H26N4O3. The number of nitrogens with zero attached hydrogens (tertiary/aromatic N) is 2. The summed E-state index contributed by atoms with van der Waals surface area (Å²) in [6.07, 6.45) is 7.93. The third kappa shape index (κ3) is 5.88. The van der Waals surface area contributed by atoms with Crippen LogP contribution in [0.5, 0.6) is 0 Å². The highest BCUT2D eigenvalue weighted by molar-refractivity contribution is 5.96. The summed E-state index contributed by atoms with van der Waals surface area (Å²) in [6, 6.07) is 10.3. The molecule has 1 aliphatic rings. The Bertz CT molecular complexity index is 878. The van der Waals surface area contributed by atoms with E-state index < -0.39 is 5.97 Å². The van der Waals surface area contributed by atoms with Crippen LogP contribution in [0.15, 0.2) is 48.0 Å². The smallest absolute Gasteiger partial charge is 0.340 e. The molecule has 0 atom stereocenters. The van der Waals surface area contributed by atoms with Crippen molar-refractivity contribution in [1.82, 2.24) is 15.5 Å². The summed E-state index contributed by atoms with van der Waals surface area (Å²) in [7, 11) is 0. The first-order valence-electron chi connectivity index (χ1n) is 10.0. The van der Waals surface area contributed by atoms with E-state index in [1.807, 2.05) is 6.07 Å². The lowest BCUT2D eigenvalue weighted by atomic mass is 9.97. The number of amides is 1. The highest BCUT2D eigenvalue weighted by Crippen LogP contribution is 2.21. The number of para-hydroxylation sites is 1. The maximum absolute atomic E-state index is 12.3. The number of aromatic nitrogens is 2. The molecule has 1 aromatic carbocycles. The number of benzene rings is 1. The lowest BCUT2D eigenvalue weighted by molar-refractivity contribution is 0.0527. The average Bonchev–Trinajstić information content (AvgIpc) is 2.75. The molecular weight excluding hydrogens is 368 g/mol. The third-order valence-electron chi connectivity index (χ3n) is 4.70. The highest BCUT2D eigenvalue weighted by atomic mass is 16.5. The van der Waals surface area contributed by atoms with E-state index in [1.54, 1.807) is 37.3 Å². The van der Waals surface area contributed by atoms with Gasteiger partial charge in [-0.3, -0.25) is 4.79 Å². The first-order chi connectivity index (χ1) is 14.2. The van der Waals surface area contributed by atoms with Crippen molar-refractivity contribution in [2.45, 2.75) is 39.0 Å². The van der Waals surface area contributed by atoms with Crippen molar-refractivity contribution in [3.63, 3.8) is 0 Å². The summed E-state index contributed by atoms with van der Waals surface area (Å²) in [5.74, 6) is -0.217. The summed E-state index contributed by atoms with van der Waals surface area (Å²) in [5, 5.41) is 14.0. The van der Waals surface area contributed by atoms with Crippen LogP contribution in [-0.2, 0) is 4.74 Å². The van der Waals surface area contributed by atoms with E-state index in [0.29, 0.717) is 30.2 Å². The zero-order valence-electron chi connectivity index (χ0n) is 16.6. The minimum absolute atomic E-state index is 0.243. The molecule has 3 rings (SSSR count). The Labute approximate surface area is 170 Å². The van der Waals surface area contributed by atoms with Crippen molar-refractivity contribution in [2.24, 2.45) is 0 Å². The van der Waals surface area contributed by atoms with E-state index in [4.69, 9.17) is 4.74 Å². The second kappa shape index (κ2) is 10.4. The van der Waals surface area contributed by atoms with E-state index in [0.717, 1.165) is 19.3 Å². The van der Waals surface area contributed by atoms with E-state index in [9.17, 15) is 9.59 Å². The molecule has 2 N–H and O–H groups in total. The fourth-order valence-electron chi connectivity index (χ4n) is 3.20. The maximum atomic E-state index is 12.3. The van der Waals surface area contributed by atoms with Gasteiger partial charge in [-0.05, 0) is 63.3 Å². The van der Waals surface area contributed by atoms with Crippen LogP contribution in [0, 0.1) is 0 Å². The van der Waals surface area contributed by atoms with Crippen LogP contribution in [0.2, 0.25) is 0 Å². The number of esters is 1. The summed E-state index contributed by atoms with van der Waals surface area (Å²) in [5.41, 5.74) is 2.66. The highest BCUT2D eigenvalue weighted by Gasteiger charge is 2.13. The predicted molar refractivity (Wildman–Crippen MR) is 111 cm³/mol. The van der Waals surface area contributed by atoms with Crippen molar-refractivity contribution >= 4 is 23.4 Å². The van der Waals surface area contributed by atoms with Crippen molar-refractivity contribution in [2.75, 3.05) is 18.5 Å². The number of allylic oxidation sites excluding steroid dienone is 1. The molecule has 1 aliphatic carbocycles. The number of nitrogens with one attached hydrogen (secondary N) is 2. The number of carbonyl (C=O) groups excluding carboxylic acids is 2. The van der Waals surface area contributed by atoms with E-state index in [-0.39, 0.29) is 11.6 Å². The van der Waals surface area contributed by atoms with Crippen molar-refractivity contribution in [3.05, 3.63) is 59.3 Å². The molecule has 0 fully saturated rings. The van der Waals surface area contributed by atoms with E-state index >= 15 is 0 Å². The van der Waals surface area contributed by atoms with Crippen LogP contribution in [0.3, 0.4) is 0 Å². The summed E-state index contributed by atoms with van der Waals surface area (Å²) in [4.78, 5) is 24.3. The fourth-order valence-corrected chi connectivity index (χ4v) is 3.20. The Hall–Kier alpha value is -3.22. The van der Waals surface area contributed by atoms with Crippen molar-refractivity contribution < 1.29 is 14.3 Å². The molecule has 0 radical (unpaired) electrons. The van der Waals surface area contributed by atoms with Gasteiger partial charge in [-0.25, -0.2) is 4.79 Å². The molecule has 0 bridgehead atoms. The van der Waals surface area contributed by atoms with Crippen molar-refractivity contribution in [3.8, 4) is 0 Å². The van der Waals surface area contributed by atoms with Crippen molar-refractivity contribution in [1.29, 1.82) is 0 Å². The van der Waals surface area contributed by atoms with Gasteiger partial charge in [-0.2, -0.15) is 0 Å². The Kier molecular flexibility index (Phi) is 7.33. The fraction of sp³-hybridized carbons (Fsp3) is 0.364. The van der Waals surface area contributed by atoms with Crippen LogP contribution in [0.4, 0.5) is 11.5 Å². The second-order valence-corrected chi connectivity index (χ2v) is 6.81. The van der Waals surface area contributed by atoms with Crippen LogP contribution in [0.1, 0.15) is 59.9 Å². The molecule has 2 aromatic rings. The van der Waals surface area contributed by atoms with Crippen LogP contribution in [0.25, 0.3) is 0 Å². The Morgan fingerprint density at radius 2 is 1.97 bits per heavy atom.